The van der Waals surface area contributed by atoms with Gasteiger partial charge in [-0.05, 0) is 18.4 Å². The van der Waals surface area contributed by atoms with Gasteiger partial charge in [-0.25, -0.2) is 5.43 Å². The zero-order valence-electron chi connectivity index (χ0n) is 10.3. The van der Waals surface area contributed by atoms with Gasteiger partial charge in [0.1, 0.15) is 5.25 Å². The minimum absolute atomic E-state index is 0.108. The summed E-state index contributed by atoms with van der Waals surface area (Å²) in [5.74, 6) is 0.702. The van der Waals surface area contributed by atoms with E-state index in [1.807, 2.05) is 36.1 Å². The van der Waals surface area contributed by atoms with Gasteiger partial charge in [-0.3, -0.25) is 4.79 Å². The fourth-order valence-corrected chi connectivity index (χ4v) is 3.40. The molecule has 1 unspecified atom stereocenters. The third-order valence-corrected chi connectivity index (χ3v) is 4.98. The molecule has 98 valence electrons. The SMILES string of the molecule is CC1=NNC(=O)C1Sc1nnc(-c2cccs2)n1C. The van der Waals surface area contributed by atoms with Crippen LogP contribution in [0.2, 0.25) is 0 Å². The Morgan fingerprint density at radius 2 is 2.32 bits per heavy atom. The Bertz CT molecular complexity index is 646. The van der Waals surface area contributed by atoms with Gasteiger partial charge in [0.15, 0.2) is 11.0 Å². The topological polar surface area (TPSA) is 72.2 Å². The number of amides is 1. The summed E-state index contributed by atoms with van der Waals surface area (Å²) in [6, 6.07) is 3.97. The molecule has 0 radical (unpaired) electrons. The van der Waals surface area contributed by atoms with Gasteiger partial charge < -0.3 is 4.57 Å². The number of aromatic nitrogens is 3. The van der Waals surface area contributed by atoms with Crippen LogP contribution in [0, 0.1) is 0 Å². The summed E-state index contributed by atoms with van der Waals surface area (Å²) in [5.41, 5.74) is 3.23. The lowest BCUT2D eigenvalue weighted by Crippen LogP contribution is -2.25. The first-order chi connectivity index (χ1) is 9.16. The van der Waals surface area contributed by atoms with Gasteiger partial charge >= 0.3 is 0 Å². The Balaban J connectivity index is 1.87. The van der Waals surface area contributed by atoms with E-state index in [1.54, 1.807) is 11.3 Å². The lowest BCUT2D eigenvalue weighted by Gasteiger charge is -2.06. The standard InChI is InChI=1S/C11H11N5OS2/c1-6-8(10(17)14-12-6)19-11-15-13-9(16(11)2)7-4-3-5-18-7/h3-5,8H,1-2H3,(H,14,17). The molecule has 2 aromatic rings. The van der Waals surface area contributed by atoms with Crippen molar-refractivity contribution in [2.45, 2.75) is 17.3 Å². The molecule has 8 heteroatoms. The van der Waals surface area contributed by atoms with Gasteiger partial charge in [-0.2, -0.15) is 5.10 Å². The largest absolute Gasteiger partial charge is 0.304 e. The molecule has 0 saturated heterocycles. The summed E-state index contributed by atoms with van der Waals surface area (Å²) in [5, 5.41) is 14.6. The molecular weight excluding hydrogens is 282 g/mol. The summed E-state index contributed by atoms with van der Waals surface area (Å²) in [4.78, 5) is 12.7. The third kappa shape index (κ3) is 2.17. The normalized spacial score (nSPS) is 18.5. The third-order valence-electron chi connectivity index (χ3n) is 2.76. The molecule has 0 fully saturated rings. The Kier molecular flexibility index (Phi) is 3.11. The Hall–Kier alpha value is -1.67. The number of hydrogen-bond donors (Lipinski definition) is 1. The molecule has 1 aliphatic rings. The van der Waals surface area contributed by atoms with Crippen molar-refractivity contribution in [2.24, 2.45) is 12.1 Å². The number of carbonyl (C=O) groups is 1. The van der Waals surface area contributed by atoms with E-state index in [9.17, 15) is 4.79 Å². The van der Waals surface area contributed by atoms with Crippen LogP contribution in [0.4, 0.5) is 0 Å². The van der Waals surface area contributed by atoms with E-state index in [4.69, 9.17) is 0 Å². The molecule has 0 saturated carbocycles. The van der Waals surface area contributed by atoms with Gasteiger partial charge in [0.05, 0.1) is 10.6 Å². The molecule has 2 aromatic heterocycles. The Morgan fingerprint density at radius 3 is 2.95 bits per heavy atom. The van der Waals surface area contributed by atoms with Gasteiger partial charge in [0.25, 0.3) is 5.91 Å². The molecule has 1 aliphatic heterocycles. The van der Waals surface area contributed by atoms with Crippen molar-refractivity contribution in [3.63, 3.8) is 0 Å². The number of nitrogens with one attached hydrogen (secondary N) is 1. The van der Waals surface area contributed by atoms with Gasteiger partial charge in [-0.15, -0.1) is 21.5 Å². The minimum Gasteiger partial charge on any atom is -0.304 e. The highest BCUT2D eigenvalue weighted by atomic mass is 32.2. The molecule has 0 aromatic carbocycles. The molecule has 1 amide bonds. The minimum atomic E-state index is -0.320. The van der Waals surface area contributed by atoms with Crippen molar-refractivity contribution in [3.05, 3.63) is 17.5 Å². The highest BCUT2D eigenvalue weighted by Crippen LogP contribution is 2.29. The summed E-state index contributed by atoms with van der Waals surface area (Å²) < 4.78 is 1.90. The Morgan fingerprint density at radius 1 is 1.47 bits per heavy atom. The molecule has 1 N–H and O–H groups in total. The maximum atomic E-state index is 11.6. The highest BCUT2D eigenvalue weighted by Gasteiger charge is 2.30. The molecule has 19 heavy (non-hydrogen) atoms. The number of thioether (sulfide) groups is 1. The van der Waals surface area contributed by atoms with E-state index < -0.39 is 0 Å². The Labute approximate surface area is 117 Å². The summed E-state index contributed by atoms with van der Waals surface area (Å²) >= 11 is 2.98. The average Bonchev–Trinajstić information content (AvgIpc) is 3.08. The van der Waals surface area contributed by atoms with Gasteiger partial charge in [0.2, 0.25) is 0 Å². The quantitative estimate of drug-likeness (QED) is 0.931. The van der Waals surface area contributed by atoms with Crippen molar-refractivity contribution >= 4 is 34.7 Å². The van der Waals surface area contributed by atoms with Crippen LogP contribution in [-0.4, -0.2) is 31.6 Å². The number of rotatable bonds is 3. The van der Waals surface area contributed by atoms with E-state index in [0.717, 1.165) is 16.4 Å². The van der Waals surface area contributed by atoms with Crippen LogP contribution in [0.5, 0.6) is 0 Å². The smallest absolute Gasteiger partial charge is 0.259 e. The van der Waals surface area contributed by atoms with Crippen molar-refractivity contribution < 1.29 is 4.79 Å². The van der Waals surface area contributed by atoms with E-state index in [-0.39, 0.29) is 11.2 Å². The number of carbonyl (C=O) groups excluding carboxylic acids is 1. The van der Waals surface area contributed by atoms with Gasteiger partial charge in [-0.1, -0.05) is 17.8 Å². The zero-order chi connectivity index (χ0) is 13.4. The van der Waals surface area contributed by atoms with Crippen LogP contribution >= 0.6 is 23.1 Å². The summed E-state index contributed by atoms with van der Waals surface area (Å²) in [6.45, 7) is 1.83. The number of thiophene rings is 1. The van der Waals surface area contributed by atoms with Crippen LogP contribution in [-0.2, 0) is 11.8 Å². The van der Waals surface area contributed by atoms with Crippen LogP contribution in [0.25, 0.3) is 10.7 Å². The van der Waals surface area contributed by atoms with Crippen LogP contribution in [0.1, 0.15) is 6.92 Å². The van der Waals surface area contributed by atoms with E-state index in [0.29, 0.717) is 5.16 Å². The highest BCUT2D eigenvalue weighted by molar-refractivity contribution is 8.01. The summed E-state index contributed by atoms with van der Waals surface area (Å²) in [7, 11) is 1.90. The predicted octanol–water partition coefficient (Wildman–Crippen LogP) is 1.51. The lowest BCUT2D eigenvalue weighted by molar-refractivity contribution is -0.118. The lowest BCUT2D eigenvalue weighted by atomic mass is 10.3. The van der Waals surface area contributed by atoms with Crippen molar-refractivity contribution in [3.8, 4) is 10.7 Å². The van der Waals surface area contributed by atoms with Gasteiger partial charge in [0, 0.05) is 7.05 Å². The summed E-state index contributed by atoms with van der Waals surface area (Å²) in [6.07, 6.45) is 0. The van der Waals surface area contributed by atoms with Crippen LogP contribution in [0.3, 0.4) is 0 Å². The molecule has 1 atom stereocenters. The molecule has 0 spiro atoms. The molecule has 3 heterocycles. The first kappa shape index (κ1) is 12.4. The second-order valence-corrected chi connectivity index (χ2v) is 6.09. The maximum Gasteiger partial charge on any atom is 0.259 e. The van der Waals surface area contributed by atoms with Crippen molar-refractivity contribution in [1.82, 2.24) is 20.2 Å². The van der Waals surface area contributed by atoms with E-state index >= 15 is 0 Å². The number of nitrogens with zero attached hydrogens (tertiary/aromatic N) is 4. The van der Waals surface area contributed by atoms with E-state index in [1.165, 1.54) is 11.8 Å². The van der Waals surface area contributed by atoms with Crippen LogP contribution < -0.4 is 5.43 Å². The van der Waals surface area contributed by atoms with E-state index in [2.05, 4.69) is 20.7 Å². The second kappa shape index (κ2) is 4.78. The monoisotopic (exact) mass is 293 g/mol. The number of hydrazone groups is 1. The second-order valence-electron chi connectivity index (χ2n) is 4.07. The molecule has 0 aliphatic carbocycles. The first-order valence-electron chi connectivity index (χ1n) is 5.61. The van der Waals surface area contributed by atoms with Crippen LogP contribution in [0.15, 0.2) is 27.8 Å². The fourth-order valence-electron chi connectivity index (χ4n) is 1.73. The molecule has 6 nitrogen and oxygen atoms in total. The van der Waals surface area contributed by atoms with Crippen molar-refractivity contribution in [1.29, 1.82) is 0 Å². The molecule has 3 rings (SSSR count). The fraction of sp³-hybridized carbons (Fsp3) is 0.273. The maximum absolute atomic E-state index is 11.6. The molecule has 0 bridgehead atoms. The molecular formula is C11H11N5OS2. The predicted molar refractivity (Wildman–Crippen MR) is 75.2 cm³/mol. The first-order valence-corrected chi connectivity index (χ1v) is 7.36. The van der Waals surface area contributed by atoms with Crippen molar-refractivity contribution in [2.75, 3.05) is 0 Å². The average molecular weight is 293 g/mol. The number of hydrogen-bond acceptors (Lipinski definition) is 6. The zero-order valence-corrected chi connectivity index (χ0v) is 12.0.